The largest absolute Gasteiger partial charge is 0.466 e. The van der Waals surface area contributed by atoms with Crippen LogP contribution >= 0.6 is 0 Å². The van der Waals surface area contributed by atoms with Crippen molar-refractivity contribution in [2.24, 2.45) is 0 Å². The highest BCUT2D eigenvalue weighted by Gasteiger charge is 2.20. The quantitative estimate of drug-likeness (QED) is 0.0320. The van der Waals surface area contributed by atoms with E-state index >= 15 is 0 Å². The lowest BCUT2D eigenvalue weighted by Gasteiger charge is -2.22. The van der Waals surface area contributed by atoms with Crippen molar-refractivity contribution in [3.8, 4) is 0 Å². The van der Waals surface area contributed by atoms with Gasteiger partial charge in [-0.05, 0) is 83.5 Å². The first-order valence-corrected chi connectivity index (χ1v) is 34.9. The van der Waals surface area contributed by atoms with Gasteiger partial charge >= 0.3 is 5.97 Å². The third-order valence-corrected chi connectivity index (χ3v) is 16.1. The second-order valence-electron chi connectivity index (χ2n) is 23.9. The standard InChI is InChI=1S/C72H135NO5/c1-3-5-7-9-11-13-15-17-19-20-34-37-40-44-48-52-56-60-64-70(75)69(68-74)73-71(76)65-61-57-53-49-45-41-38-35-32-30-28-26-24-22-21-23-25-27-29-31-33-36-39-43-47-51-55-59-63-67-78-72(77)66-62-58-54-50-46-42-18-16-14-12-10-8-6-4-2/h10,12,16,18,21,23,27,29,69-70,74-75H,3-9,11,13-15,17,19-20,22,24-26,28,30-68H2,1-2H3,(H,73,76)/b12-10-,18-16-,23-21-,29-27-. The number of hydrogen-bond acceptors (Lipinski definition) is 5. The first-order valence-electron chi connectivity index (χ1n) is 34.9. The lowest BCUT2D eigenvalue weighted by molar-refractivity contribution is -0.143. The van der Waals surface area contributed by atoms with Crippen LogP contribution in [-0.2, 0) is 14.3 Å². The van der Waals surface area contributed by atoms with E-state index in [1.807, 2.05) is 0 Å². The van der Waals surface area contributed by atoms with Crippen molar-refractivity contribution >= 4 is 11.9 Å². The summed E-state index contributed by atoms with van der Waals surface area (Å²) < 4.78 is 5.47. The Morgan fingerprint density at radius 1 is 0.359 bits per heavy atom. The number of ether oxygens (including phenoxy) is 1. The van der Waals surface area contributed by atoms with Crippen LogP contribution in [0.15, 0.2) is 48.6 Å². The summed E-state index contributed by atoms with van der Waals surface area (Å²) in [5.41, 5.74) is 0. The van der Waals surface area contributed by atoms with Crippen molar-refractivity contribution in [2.75, 3.05) is 13.2 Å². The van der Waals surface area contributed by atoms with Gasteiger partial charge in [-0.15, -0.1) is 0 Å². The van der Waals surface area contributed by atoms with E-state index in [9.17, 15) is 19.8 Å². The Balaban J connectivity index is 3.41. The fourth-order valence-electron chi connectivity index (χ4n) is 10.7. The molecule has 0 bridgehead atoms. The summed E-state index contributed by atoms with van der Waals surface area (Å²) in [6, 6.07) is -0.543. The van der Waals surface area contributed by atoms with E-state index in [-0.39, 0.29) is 18.5 Å². The molecule has 0 saturated carbocycles. The van der Waals surface area contributed by atoms with Gasteiger partial charge in [0.25, 0.3) is 0 Å². The Bertz CT molecular complexity index is 1310. The number of hydrogen-bond donors (Lipinski definition) is 3. The Hall–Kier alpha value is -2.18. The lowest BCUT2D eigenvalue weighted by atomic mass is 10.0. The molecule has 78 heavy (non-hydrogen) atoms. The van der Waals surface area contributed by atoms with Crippen LogP contribution in [0.2, 0.25) is 0 Å². The van der Waals surface area contributed by atoms with Crippen molar-refractivity contribution in [3.05, 3.63) is 48.6 Å². The van der Waals surface area contributed by atoms with Crippen LogP contribution in [0, 0.1) is 0 Å². The molecule has 0 aromatic rings. The van der Waals surface area contributed by atoms with Crippen LogP contribution in [0.4, 0.5) is 0 Å². The summed E-state index contributed by atoms with van der Waals surface area (Å²) in [4.78, 5) is 24.6. The third-order valence-electron chi connectivity index (χ3n) is 16.1. The maximum atomic E-state index is 12.5. The van der Waals surface area contributed by atoms with Gasteiger partial charge in [-0.3, -0.25) is 9.59 Å². The summed E-state index contributed by atoms with van der Waals surface area (Å²) >= 11 is 0. The predicted molar refractivity (Wildman–Crippen MR) is 342 cm³/mol. The van der Waals surface area contributed by atoms with Gasteiger partial charge in [0.05, 0.1) is 25.4 Å². The van der Waals surface area contributed by atoms with Crippen molar-refractivity contribution in [1.29, 1.82) is 0 Å². The number of nitrogens with one attached hydrogen (secondary N) is 1. The van der Waals surface area contributed by atoms with Crippen LogP contribution in [0.25, 0.3) is 0 Å². The molecular formula is C72H135NO5. The maximum absolute atomic E-state index is 12.5. The van der Waals surface area contributed by atoms with Gasteiger partial charge in [0.1, 0.15) is 0 Å². The minimum atomic E-state index is -0.666. The number of amides is 1. The molecule has 458 valence electrons. The number of unbranched alkanes of at least 4 members (excludes halogenated alkanes) is 46. The zero-order chi connectivity index (χ0) is 56.4. The highest BCUT2D eigenvalue weighted by Crippen LogP contribution is 2.18. The summed E-state index contributed by atoms with van der Waals surface area (Å²) in [7, 11) is 0. The van der Waals surface area contributed by atoms with E-state index in [1.165, 1.54) is 283 Å². The number of allylic oxidation sites excluding steroid dienone is 8. The molecule has 0 heterocycles. The Morgan fingerprint density at radius 3 is 1.01 bits per heavy atom. The summed E-state index contributed by atoms with van der Waals surface area (Å²) in [5, 5.41) is 23.4. The molecule has 3 N–H and O–H groups in total. The summed E-state index contributed by atoms with van der Waals surface area (Å²) in [6.07, 6.45) is 87.2. The number of aliphatic hydroxyl groups excluding tert-OH is 2. The average Bonchev–Trinajstić information content (AvgIpc) is 3.44. The van der Waals surface area contributed by atoms with E-state index in [1.54, 1.807) is 0 Å². The molecule has 0 aliphatic heterocycles. The molecule has 0 saturated heterocycles. The van der Waals surface area contributed by atoms with E-state index < -0.39 is 12.1 Å². The SMILES string of the molecule is CCCC/C=C\C/C=C\CCCCCCCC(=O)OCCCCCCCCCCC/C=C\C/C=C\CCCCCCCCCCCCCCCC(=O)NC(CO)C(O)CCCCCCCCCCCCCCCCCCCC. The zero-order valence-electron chi connectivity index (χ0n) is 52.4. The molecule has 6 heteroatoms. The van der Waals surface area contributed by atoms with Crippen molar-refractivity contribution < 1.29 is 24.5 Å². The molecule has 0 radical (unpaired) electrons. The fourth-order valence-corrected chi connectivity index (χ4v) is 10.7. The molecular weight excluding hydrogens is 959 g/mol. The van der Waals surface area contributed by atoms with Gasteiger partial charge in [0.15, 0.2) is 0 Å². The minimum Gasteiger partial charge on any atom is -0.466 e. The van der Waals surface area contributed by atoms with Crippen LogP contribution in [0.1, 0.15) is 373 Å². The molecule has 0 aromatic heterocycles. The second-order valence-corrected chi connectivity index (χ2v) is 23.9. The smallest absolute Gasteiger partial charge is 0.305 e. The molecule has 0 aliphatic carbocycles. The molecule has 6 nitrogen and oxygen atoms in total. The fraction of sp³-hybridized carbons (Fsp3) is 0.861. The van der Waals surface area contributed by atoms with Gasteiger partial charge in [-0.1, -0.05) is 326 Å². The third kappa shape index (κ3) is 63.0. The van der Waals surface area contributed by atoms with Crippen molar-refractivity contribution in [2.45, 2.75) is 386 Å². The van der Waals surface area contributed by atoms with E-state index in [0.29, 0.717) is 25.9 Å². The normalized spacial score (nSPS) is 12.8. The van der Waals surface area contributed by atoms with Crippen LogP contribution in [0.3, 0.4) is 0 Å². The molecule has 0 fully saturated rings. The minimum absolute atomic E-state index is 0.00259. The van der Waals surface area contributed by atoms with E-state index in [0.717, 1.165) is 57.8 Å². The van der Waals surface area contributed by atoms with Crippen LogP contribution < -0.4 is 5.32 Å². The van der Waals surface area contributed by atoms with Crippen molar-refractivity contribution in [1.82, 2.24) is 5.32 Å². The topological polar surface area (TPSA) is 95.9 Å². The molecule has 0 aliphatic rings. The molecule has 2 atom stereocenters. The monoisotopic (exact) mass is 1090 g/mol. The average molecular weight is 1090 g/mol. The molecule has 0 aromatic carbocycles. The summed E-state index contributed by atoms with van der Waals surface area (Å²) in [6.45, 7) is 4.93. The number of esters is 1. The van der Waals surface area contributed by atoms with Crippen LogP contribution in [-0.4, -0.2) is 47.4 Å². The van der Waals surface area contributed by atoms with Gasteiger partial charge in [0.2, 0.25) is 5.91 Å². The highest BCUT2D eigenvalue weighted by atomic mass is 16.5. The van der Waals surface area contributed by atoms with Crippen molar-refractivity contribution in [3.63, 3.8) is 0 Å². The second kappa shape index (κ2) is 67.3. The number of carbonyl (C=O) groups is 2. The lowest BCUT2D eigenvalue weighted by Crippen LogP contribution is -2.45. The number of rotatable bonds is 65. The Labute approximate surface area is 486 Å². The van der Waals surface area contributed by atoms with Gasteiger partial charge in [-0.25, -0.2) is 0 Å². The van der Waals surface area contributed by atoms with Gasteiger partial charge in [0, 0.05) is 12.8 Å². The molecule has 1 amide bonds. The van der Waals surface area contributed by atoms with E-state index in [4.69, 9.17) is 4.74 Å². The summed E-state index contributed by atoms with van der Waals surface area (Å²) in [5.74, 6) is -0.0358. The predicted octanol–water partition coefficient (Wildman–Crippen LogP) is 22.5. The Kier molecular flexibility index (Phi) is 65.4. The van der Waals surface area contributed by atoms with Gasteiger partial charge in [-0.2, -0.15) is 0 Å². The first-order chi connectivity index (χ1) is 38.5. The van der Waals surface area contributed by atoms with Gasteiger partial charge < -0.3 is 20.3 Å². The first kappa shape index (κ1) is 75.8. The van der Waals surface area contributed by atoms with Crippen LogP contribution in [0.5, 0.6) is 0 Å². The van der Waals surface area contributed by atoms with E-state index in [2.05, 4.69) is 67.8 Å². The number of carbonyl (C=O) groups excluding carboxylic acids is 2. The molecule has 2 unspecified atom stereocenters. The highest BCUT2D eigenvalue weighted by molar-refractivity contribution is 5.76. The molecule has 0 rings (SSSR count). The Morgan fingerprint density at radius 2 is 0.654 bits per heavy atom. The zero-order valence-corrected chi connectivity index (χ0v) is 52.4. The number of aliphatic hydroxyl groups is 2. The maximum Gasteiger partial charge on any atom is 0.305 e. The molecule has 0 spiro atoms.